The van der Waals surface area contributed by atoms with E-state index in [1.807, 2.05) is 67.2 Å². The van der Waals surface area contributed by atoms with Gasteiger partial charge in [-0.3, -0.25) is 34.0 Å². The number of quaternary nitrogens is 1. The molecular weight excluding hydrogens is 566 g/mol. The number of hydrogen-bond acceptors (Lipinski definition) is 11. The largest absolute Gasteiger partial charge is 0.459 e. The Hall–Kier alpha value is -1.83. The van der Waals surface area contributed by atoms with Gasteiger partial charge in [0, 0.05) is 58.9 Å². The van der Waals surface area contributed by atoms with E-state index in [0.717, 1.165) is 13.1 Å². The smallest absolute Gasteiger partial charge is 0.320 e. The van der Waals surface area contributed by atoms with Gasteiger partial charge in [-0.15, -0.1) is 0 Å². The predicted molar refractivity (Wildman–Crippen MR) is 172 cm³/mol. The topological polar surface area (TPSA) is 112 Å². The molecule has 0 aromatic carbocycles. The highest BCUT2D eigenvalue weighted by Crippen LogP contribution is 2.11. The van der Waals surface area contributed by atoms with Crippen LogP contribution in [0.5, 0.6) is 0 Å². The number of likely N-dealkylation sites (N-methyl/N-ethyl adjacent to an activating group) is 1. The Kier molecular flexibility index (Phi) is 16.2. The average molecular weight is 631 g/mol. The number of aliphatic hydroxyl groups excluding tert-OH is 1. The van der Waals surface area contributed by atoms with Crippen LogP contribution in [-0.2, 0) is 28.6 Å². The molecule has 12 heteroatoms. The first-order chi connectivity index (χ1) is 20.1. The first-order valence-corrected chi connectivity index (χ1v) is 16.0. The molecular formula is C32H64N5O7+. The lowest BCUT2D eigenvalue weighted by Gasteiger charge is -2.36. The van der Waals surface area contributed by atoms with Gasteiger partial charge in [-0.25, -0.2) is 0 Å². The van der Waals surface area contributed by atoms with Crippen molar-refractivity contribution >= 4 is 17.9 Å². The van der Waals surface area contributed by atoms with E-state index in [0.29, 0.717) is 63.4 Å². The zero-order valence-corrected chi connectivity index (χ0v) is 29.7. The van der Waals surface area contributed by atoms with E-state index in [1.54, 1.807) is 0 Å². The lowest BCUT2D eigenvalue weighted by Crippen LogP contribution is -2.51. The molecule has 0 spiro atoms. The Morgan fingerprint density at radius 2 is 0.818 bits per heavy atom. The number of carbonyl (C=O) groups is 3. The van der Waals surface area contributed by atoms with Crippen LogP contribution in [0.15, 0.2) is 0 Å². The molecule has 1 fully saturated rings. The van der Waals surface area contributed by atoms with Gasteiger partial charge in [0.25, 0.3) is 0 Å². The van der Waals surface area contributed by atoms with Gasteiger partial charge in [-0.05, 0) is 62.3 Å². The minimum Gasteiger partial charge on any atom is -0.459 e. The van der Waals surface area contributed by atoms with Gasteiger partial charge >= 0.3 is 17.9 Å². The van der Waals surface area contributed by atoms with E-state index in [2.05, 4.69) is 28.8 Å². The number of esters is 3. The van der Waals surface area contributed by atoms with Crippen LogP contribution in [0.3, 0.4) is 0 Å². The molecule has 1 heterocycles. The minimum absolute atomic E-state index is 0.113. The van der Waals surface area contributed by atoms with E-state index < -0.39 is 16.8 Å². The van der Waals surface area contributed by atoms with Crippen LogP contribution >= 0.6 is 0 Å². The Balaban J connectivity index is 3.21. The molecule has 12 nitrogen and oxygen atoms in total. The van der Waals surface area contributed by atoms with Crippen molar-refractivity contribution in [2.45, 2.75) is 79.1 Å². The molecule has 0 amide bonds. The van der Waals surface area contributed by atoms with Crippen molar-refractivity contribution in [2.24, 2.45) is 0 Å². The maximum atomic E-state index is 12.8. The van der Waals surface area contributed by atoms with Crippen molar-refractivity contribution in [2.75, 3.05) is 112 Å². The zero-order chi connectivity index (χ0) is 33.8. The van der Waals surface area contributed by atoms with Gasteiger partial charge in [0.1, 0.15) is 23.3 Å². The Morgan fingerprint density at radius 1 is 0.545 bits per heavy atom. The lowest BCUT2D eigenvalue weighted by molar-refractivity contribution is -0.890. The highest BCUT2D eigenvalue weighted by molar-refractivity contribution is 5.73. The monoisotopic (exact) mass is 630 g/mol. The molecule has 0 bridgehead atoms. The molecule has 1 saturated heterocycles. The molecule has 0 saturated carbocycles. The summed E-state index contributed by atoms with van der Waals surface area (Å²) >= 11 is 0. The number of nitrogens with zero attached hydrogens (tertiary/aromatic N) is 5. The fourth-order valence-electron chi connectivity index (χ4n) is 4.74. The fraction of sp³-hybridized carbons (Fsp3) is 0.906. The van der Waals surface area contributed by atoms with Gasteiger partial charge < -0.3 is 23.8 Å². The Morgan fingerprint density at radius 3 is 1.07 bits per heavy atom. The van der Waals surface area contributed by atoms with Crippen LogP contribution in [0.25, 0.3) is 0 Å². The van der Waals surface area contributed by atoms with Gasteiger partial charge in [0.2, 0.25) is 0 Å². The molecule has 44 heavy (non-hydrogen) atoms. The van der Waals surface area contributed by atoms with E-state index in [9.17, 15) is 19.5 Å². The van der Waals surface area contributed by atoms with Crippen molar-refractivity contribution in [3.8, 4) is 0 Å². The van der Waals surface area contributed by atoms with Crippen LogP contribution in [0.4, 0.5) is 0 Å². The van der Waals surface area contributed by atoms with Crippen LogP contribution in [-0.4, -0.2) is 176 Å². The van der Waals surface area contributed by atoms with E-state index in [-0.39, 0.29) is 44.1 Å². The molecule has 1 rings (SSSR count). The fourth-order valence-corrected chi connectivity index (χ4v) is 4.74. The third-order valence-electron chi connectivity index (χ3n) is 6.97. The second kappa shape index (κ2) is 17.8. The molecule has 0 aromatic rings. The quantitative estimate of drug-likeness (QED) is 0.203. The Labute approximate surface area is 267 Å². The summed E-state index contributed by atoms with van der Waals surface area (Å²) in [4.78, 5) is 47.1. The molecule has 1 aliphatic heterocycles. The summed E-state index contributed by atoms with van der Waals surface area (Å²) in [5, 5.41) is 9.51. The van der Waals surface area contributed by atoms with Crippen molar-refractivity contribution in [3.05, 3.63) is 0 Å². The molecule has 1 aliphatic rings. The maximum Gasteiger partial charge on any atom is 0.320 e. The van der Waals surface area contributed by atoms with Crippen LogP contribution in [0, 0.1) is 0 Å². The molecule has 1 N–H and O–H groups in total. The second-order valence-electron chi connectivity index (χ2n) is 15.5. The van der Waals surface area contributed by atoms with Gasteiger partial charge in [0.05, 0.1) is 46.9 Å². The molecule has 258 valence electrons. The predicted octanol–water partition coefficient (Wildman–Crippen LogP) is 1.30. The highest BCUT2D eigenvalue weighted by Gasteiger charge is 2.26. The molecule has 0 aromatic heterocycles. The lowest BCUT2D eigenvalue weighted by atomic mass is 10.2. The van der Waals surface area contributed by atoms with E-state index in [1.165, 1.54) is 0 Å². The van der Waals surface area contributed by atoms with Gasteiger partial charge in [0.15, 0.2) is 0 Å². The number of ether oxygens (including phenoxy) is 3. The first-order valence-electron chi connectivity index (χ1n) is 16.0. The van der Waals surface area contributed by atoms with E-state index in [4.69, 9.17) is 14.2 Å². The molecule has 0 aliphatic carbocycles. The number of aliphatic hydroxyl groups is 1. The van der Waals surface area contributed by atoms with E-state index >= 15 is 0 Å². The SMILES string of the molecule is CC(C)(C)OC(=O)CN1CCN(CC[N+](C)(C)CCO)CCN(CC(=O)OC(C)(C)C)CCN(CC(=O)OC(C)(C)C)CC1. The summed E-state index contributed by atoms with van der Waals surface area (Å²) in [5.74, 6) is -0.866. The van der Waals surface area contributed by atoms with Crippen LogP contribution in [0.2, 0.25) is 0 Å². The van der Waals surface area contributed by atoms with Crippen molar-refractivity contribution in [1.29, 1.82) is 0 Å². The summed E-state index contributed by atoms with van der Waals surface area (Å²) in [7, 11) is 4.21. The van der Waals surface area contributed by atoms with Crippen molar-refractivity contribution in [1.82, 2.24) is 19.6 Å². The second-order valence-corrected chi connectivity index (χ2v) is 15.5. The average Bonchev–Trinajstić information content (AvgIpc) is 2.79. The number of rotatable bonds is 11. The van der Waals surface area contributed by atoms with Crippen LogP contribution in [0.1, 0.15) is 62.3 Å². The minimum atomic E-state index is -0.594. The summed E-state index contributed by atoms with van der Waals surface area (Å²) in [6.07, 6.45) is 0. The van der Waals surface area contributed by atoms with Crippen LogP contribution < -0.4 is 0 Å². The number of carbonyl (C=O) groups excluding carboxylic acids is 3. The molecule has 0 radical (unpaired) electrons. The summed E-state index contributed by atoms with van der Waals surface area (Å²) in [5.41, 5.74) is -1.75. The standard InChI is InChI=1S/C32H64N5O7/c1-30(2,3)42-27(39)24-34-14-12-33(20-21-37(10,11)22-23-38)13-15-35(25-28(40)43-31(4,5)6)17-19-36(18-16-34)26-29(41)44-32(7,8)9/h38H,12-26H2,1-11H3/q+1. The summed E-state index contributed by atoms with van der Waals surface area (Å²) in [6, 6.07) is 0. The molecule has 0 atom stereocenters. The summed E-state index contributed by atoms with van der Waals surface area (Å²) < 4.78 is 17.6. The summed E-state index contributed by atoms with van der Waals surface area (Å²) in [6.45, 7) is 24.5. The Bertz CT molecular complexity index is 847. The van der Waals surface area contributed by atoms with Crippen molar-refractivity contribution in [3.63, 3.8) is 0 Å². The highest BCUT2D eigenvalue weighted by atomic mass is 16.6. The zero-order valence-electron chi connectivity index (χ0n) is 29.7. The van der Waals surface area contributed by atoms with Gasteiger partial charge in [-0.2, -0.15) is 0 Å². The maximum absolute atomic E-state index is 12.8. The molecule has 0 unspecified atom stereocenters. The number of hydrogen-bond donors (Lipinski definition) is 1. The van der Waals surface area contributed by atoms with Gasteiger partial charge in [-0.1, -0.05) is 0 Å². The third kappa shape index (κ3) is 20.2. The normalized spacial score (nSPS) is 18.3. The third-order valence-corrected chi connectivity index (χ3v) is 6.97. The van der Waals surface area contributed by atoms with Crippen molar-refractivity contribution < 1.29 is 38.2 Å². The first kappa shape index (κ1) is 40.2.